The summed E-state index contributed by atoms with van der Waals surface area (Å²) in [4.78, 5) is 0. The van der Waals surface area contributed by atoms with Gasteiger partial charge < -0.3 is 14.6 Å². The molecule has 1 spiro atoms. The number of aliphatic hydroxyl groups excluding tert-OH is 1. The lowest BCUT2D eigenvalue weighted by atomic mass is 9.72. The Hall–Kier alpha value is -1.22. The lowest BCUT2D eigenvalue weighted by Gasteiger charge is -2.45. The predicted molar refractivity (Wildman–Crippen MR) is 80.6 cm³/mol. The zero-order valence-electron chi connectivity index (χ0n) is 12.7. The van der Waals surface area contributed by atoms with E-state index in [0.29, 0.717) is 0 Å². The second-order valence-electron chi connectivity index (χ2n) is 7.10. The molecule has 1 heterocycles. The number of hydrogen-bond acceptors (Lipinski definition) is 3. The van der Waals surface area contributed by atoms with Crippen LogP contribution in [0.25, 0.3) is 0 Å². The summed E-state index contributed by atoms with van der Waals surface area (Å²) in [5.41, 5.74) is 0.763. The van der Waals surface area contributed by atoms with E-state index in [1.807, 2.05) is 18.2 Å². The summed E-state index contributed by atoms with van der Waals surface area (Å²) in [6.07, 6.45) is 7.90. The molecule has 4 rings (SSSR count). The van der Waals surface area contributed by atoms with Crippen LogP contribution in [0.2, 0.25) is 0 Å². The Balaban J connectivity index is 1.62. The molecule has 1 aromatic carbocycles. The van der Waals surface area contributed by atoms with Gasteiger partial charge in [0.05, 0.1) is 13.2 Å². The van der Waals surface area contributed by atoms with Crippen molar-refractivity contribution >= 4 is 0 Å². The first kappa shape index (κ1) is 13.4. The minimum absolute atomic E-state index is 0.149. The van der Waals surface area contributed by atoms with E-state index >= 15 is 0 Å². The van der Waals surface area contributed by atoms with Crippen molar-refractivity contribution < 1.29 is 14.6 Å². The smallest absolute Gasteiger partial charge is 0.129 e. The number of ether oxygens (including phenoxy) is 2. The molecule has 0 saturated heterocycles. The van der Waals surface area contributed by atoms with Gasteiger partial charge in [-0.1, -0.05) is 0 Å². The van der Waals surface area contributed by atoms with Crippen molar-refractivity contribution in [2.24, 2.45) is 11.8 Å². The SMILES string of the molecule is COc1ccc2c(c1)OC1(CCCC(C3CC3)C1)C[C@H]2O. The van der Waals surface area contributed by atoms with Crippen LogP contribution in [0.5, 0.6) is 11.5 Å². The molecule has 1 aromatic rings. The van der Waals surface area contributed by atoms with Gasteiger partial charge >= 0.3 is 0 Å². The zero-order chi connectivity index (χ0) is 14.4. The number of rotatable bonds is 2. The van der Waals surface area contributed by atoms with Crippen LogP contribution in [0.4, 0.5) is 0 Å². The van der Waals surface area contributed by atoms with Gasteiger partial charge in [-0.25, -0.2) is 0 Å². The Morgan fingerprint density at radius 1 is 1.19 bits per heavy atom. The van der Waals surface area contributed by atoms with Crippen molar-refractivity contribution in [3.63, 3.8) is 0 Å². The van der Waals surface area contributed by atoms with Crippen molar-refractivity contribution in [1.29, 1.82) is 0 Å². The van der Waals surface area contributed by atoms with Crippen LogP contribution in [0.1, 0.15) is 56.6 Å². The van der Waals surface area contributed by atoms with Crippen LogP contribution < -0.4 is 9.47 Å². The number of hydrogen-bond donors (Lipinski definition) is 1. The van der Waals surface area contributed by atoms with Gasteiger partial charge in [-0.2, -0.15) is 0 Å². The molecule has 2 fully saturated rings. The highest BCUT2D eigenvalue weighted by atomic mass is 16.5. The van der Waals surface area contributed by atoms with Gasteiger partial charge in [0.25, 0.3) is 0 Å². The first-order valence-electron chi connectivity index (χ1n) is 8.24. The van der Waals surface area contributed by atoms with Crippen LogP contribution >= 0.6 is 0 Å². The van der Waals surface area contributed by atoms with Gasteiger partial charge in [0, 0.05) is 18.1 Å². The average Bonchev–Trinajstić information content (AvgIpc) is 3.31. The summed E-state index contributed by atoms with van der Waals surface area (Å²) >= 11 is 0. The van der Waals surface area contributed by atoms with E-state index in [-0.39, 0.29) is 5.60 Å². The average molecular weight is 288 g/mol. The van der Waals surface area contributed by atoms with E-state index < -0.39 is 6.10 Å². The maximum atomic E-state index is 10.6. The van der Waals surface area contributed by atoms with Gasteiger partial charge in [0.15, 0.2) is 0 Å². The quantitative estimate of drug-likeness (QED) is 0.898. The molecule has 2 saturated carbocycles. The normalized spacial score (nSPS) is 35.1. The summed E-state index contributed by atoms with van der Waals surface area (Å²) in [6, 6.07) is 5.77. The highest BCUT2D eigenvalue weighted by molar-refractivity contribution is 5.44. The minimum Gasteiger partial charge on any atom is -0.497 e. The van der Waals surface area contributed by atoms with Gasteiger partial charge in [-0.3, -0.25) is 0 Å². The van der Waals surface area contributed by atoms with Crippen LogP contribution in [0, 0.1) is 11.8 Å². The molecule has 3 nitrogen and oxygen atoms in total. The van der Waals surface area contributed by atoms with E-state index in [1.54, 1.807) is 7.11 Å². The van der Waals surface area contributed by atoms with Crippen LogP contribution in [-0.2, 0) is 0 Å². The molecule has 114 valence electrons. The van der Waals surface area contributed by atoms with E-state index in [0.717, 1.165) is 48.2 Å². The Morgan fingerprint density at radius 2 is 2.05 bits per heavy atom. The lowest BCUT2D eigenvalue weighted by molar-refractivity contribution is -0.0545. The van der Waals surface area contributed by atoms with E-state index in [9.17, 15) is 5.11 Å². The molecular weight excluding hydrogens is 264 g/mol. The third-order valence-corrected chi connectivity index (χ3v) is 5.60. The number of fused-ring (bicyclic) bond motifs is 1. The maximum absolute atomic E-state index is 10.6. The molecule has 1 N–H and O–H groups in total. The Morgan fingerprint density at radius 3 is 2.81 bits per heavy atom. The second-order valence-corrected chi connectivity index (χ2v) is 7.10. The Kier molecular flexibility index (Phi) is 3.14. The standard InChI is InChI=1S/C18H24O3/c1-20-14-6-7-15-16(19)11-18(21-17(15)9-14)8-2-3-13(10-18)12-4-5-12/h6-7,9,12-13,16,19H,2-5,8,10-11H2,1H3/t13?,16-,18?/m1/s1. The van der Waals surface area contributed by atoms with Crippen LogP contribution in [0.3, 0.4) is 0 Å². The van der Waals surface area contributed by atoms with Crippen molar-refractivity contribution in [1.82, 2.24) is 0 Å². The summed E-state index contributed by atoms with van der Waals surface area (Å²) in [5, 5.41) is 10.6. The number of aliphatic hydroxyl groups is 1. The van der Waals surface area contributed by atoms with Gasteiger partial charge in [-0.05, 0) is 62.5 Å². The van der Waals surface area contributed by atoms with Gasteiger partial charge in [0.2, 0.25) is 0 Å². The second kappa shape index (κ2) is 4.91. The summed E-state index contributed by atoms with van der Waals surface area (Å²) in [5.74, 6) is 3.35. The zero-order valence-corrected chi connectivity index (χ0v) is 12.7. The van der Waals surface area contributed by atoms with Crippen molar-refractivity contribution in [3.05, 3.63) is 23.8 Å². The first-order chi connectivity index (χ1) is 10.2. The molecule has 2 unspecified atom stereocenters. The van der Waals surface area contributed by atoms with Crippen molar-refractivity contribution in [2.75, 3.05) is 7.11 Å². The van der Waals surface area contributed by atoms with E-state index in [2.05, 4.69) is 0 Å². The summed E-state index contributed by atoms with van der Waals surface area (Å²) in [7, 11) is 1.67. The fourth-order valence-electron chi connectivity index (χ4n) is 4.36. The molecule has 0 aromatic heterocycles. The molecule has 3 atom stereocenters. The number of benzene rings is 1. The van der Waals surface area contributed by atoms with Crippen molar-refractivity contribution in [2.45, 2.75) is 56.7 Å². The topological polar surface area (TPSA) is 38.7 Å². The minimum atomic E-state index is -0.405. The molecular formula is C18H24O3. The fourth-order valence-corrected chi connectivity index (χ4v) is 4.36. The third-order valence-electron chi connectivity index (χ3n) is 5.60. The number of methoxy groups -OCH3 is 1. The van der Waals surface area contributed by atoms with Crippen molar-refractivity contribution in [3.8, 4) is 11.5 Å². The molecule has 0 bridgehead atoms. The lowest BCUT2D eigenvalue weighted by Crippen LogP contribution is -2.45. The largest absolute Gasteiger partial charge is 0.497 e. The van der Waals surface area contributed by atoms with E-state index in [1.165, 1.54) is 25.7 Å². The third kappa shape index (κ3) is 2.42. The van der Waals surface area contributed by atoms with Gasteiger partial charge in [0.1, 0.15) is 17.1 Å². The first-order valence-corrected chi connectivity index (χ1v) is 8.24. The Labute approximate surface area is 126 Å². The highest BCUT2D eigenvalue weighted by Gasteiger charge is 2.47. The maximum Gasteiger partial charge on any atom is 0.129 e. The van der Waals surface area contributed by atoms with E-state index in [4.69, 9.17) is 9.47 Å². The molecule has 21 heavy (non-hydrogen) atoms. The molecule has 1 aliphatic heterocycles. The monoisotopic (exact) mass is 288 g/mol. The molecule has 0 radical (unpaired) electrons. The van der Waals surface area contributed by atoms with Gasteiger partial charge in [-0.15, -0.1) is 0 Å². The summed E-state index contributed by atoms with van der Waals surface area (Å²) in [6.45, 7) is 0. The Bertz CT molecular complexity index is 537. The molecule has 2 aliphatic carbocycles. The van der Waals surface area contributed by atoms with Crippen LogP contribution in [0.15, 0.2) is 18.2 Å². The fraction of sp³-hybridized carbons (Fsp3) is 0.667. The highest BCUT2D eigenvalue weighted by Crippen LogP contribution is 2.52. The predicted octanol–water partition coefficient (Wildman–Crippen LogP) is 3.85. The molecule has 3 aliphatic rings. The molecule has 3 heteroatoms. The van der Waals surface area contributed by atoms with Crippen LogP contribution in [-0.4, -0.2) is 17.8 Å². The summed E-state index contributed by atoms with van der Waals surface area (Å²) < 4.78 is 11.7. The molecule has 0 amide bonds.